The van der Waals surface area contributed by atoms with E-state index in [0.29, 0.717) is 20.0 Å². The van der Waals surface area contributed by atoms with E-state index in [4.69, 9.17) is 30.5 Å². The Morgan fingerprint density at radius 3 is 2.04 bits per heavy atom. The highest BCUT2D eigenvalue weighted by Crippen LogP contribution is 2.34. The topological polar surface area (TPSA) is 36.9 Å². The van der Waals surface area contributed by atoms with Gasteiger partial charge in [0.15, 0.2) is 0 Å². The van der Waals surface area contributed by atoms with Gasteiger partial charge < -0.3 is 18.9 Å². The van der Waals surface area contributed by atoms with Crippen molar-refractivity contribution in [1.82, 2.24) is 0 Å². The molecular weight excluding hydrogens is 316 g/mol. The van der Waals surface area contributed by atoms with Gasteiger partial charge >= 0.3 is 0 Å². The summed E-state index contributed by atoms with van der Waals surface area (Å²) in [6.45, 7) is 5.91. The maximum atomic E-state index is 6.49. The molecule has 5 heteroatoms. The number of hydrogen-bond acceptors (Lipinski definition) is 4. The molecule has 0 bridgehead atoms. The zero-order valence-electron chi connectivity index (χ0n) is 15.6. The first-order chi connectivity index (χ1) is 11.1. The highest BCUT2D eigenvalue weighted by molar-refractivity contribution is 6.22. The minimum absolute atomic E-state index is 0.168. The van der Waals surface area contributed by atoms with Crippen LogP contribution in [0.15, 0.2) is 0 Å². The van der Waals surface area contributed by atoms with Gasteiger partial charge in [-0.25, -0.2) is 0 Å². The summed E-state index contributed by atoms with van der Waals surface area (Å²) in [5.74, 6) is 0.168. The van der Waals surface area contributed by atoms with E-state index in [2.05, 4.69) is 6.92 Å². The molecular formula is C18H37ClO4. The van der Waals surface area contributed by atoms with Gasteiger partial charge in [-0.05, 0) is 26.2 Å². The van der Waals surface area contributed by atoms with Gasteiger partial charge in [0, 0.05) is 33.4 Å². The number of unbranched alkanes of at least 4 members (excludes halogenated alkanes) is 5. The zero-order chi connectivity index (χ0) is 17.4. The van der Waals surface area contributed by atoms with E-state index in [0.717, 1.165) is 25.7 Å². The van der Waals surface area contributed by atoms with E-state index >= 15 is 0 Å². The summed E-state index contributed by atoms with van der Waals surface area (Å²) in [4.78, 5) is 0. The lowest BCUT2D eigenvalue weighted by atomic mass is 9.94. The first-order valence-corrected chi connectivity index (χ1v) is 9.47. The van der Waals surface area contributed by atoms with Crippen LogP contribution in [0.1, 0.15) is 71.6 Å². The predicted octanol–water partition coefficient (Wildman–Crippen LogP) is 5.33. The van der Waals surface area contributed by atoms with Crippen LogP contribution in [-0.2, 0) is 18.9 Å². The summed E-state index contributed by atoms with van der Waals surface area (Å²) in [5, 5.41) is -1.02. The molecule has 0 aliphatic heterocycles. The standard InChI is InChI=1S/C18H37ClO4/c1-5-7-8-9-10-11-13-17(18(19,20-3)21-4)14-12-15-23-16-22-6-2/h17H,5-16H2,1-4H3. The fourth-order valence-corrected chi connectivity index (χ4v) is 2.93. The average molecular weight is 353 g/mol. The molecule has 0 aliphatic rings. The average Bonchev–Trinajstić information content (AvgIpc) is 2.58. The Kier molecular flexibility index (Phi) is 15.7. The molecule has 0 rings (SSSR count). The van der Waals surface area contributed by atoms with Crippen molar-refractivity contribution >= 4 is 11.6 Å². The largest absolute Gasteiger partial charge is 0.356 e. The normalized spacial score (nSPS) is 13.4. The quantitative estimate of drug-likeness (QED) is 0.201. The second-order valence-electron chi connectivity index (χ2n) is 5.91. The molecule has 23 heavy (non-hydrogen) atoms. The molecule has 0 saturated heterocycles. The van der Waals surface area contributed by atoms with E-state index in [9.17, 15) is 0 Å². The van der Waals surface area contributed by atoms with Crippen LogP contribution in [0.5, 0.6) is 0 Å². The van der Waals surface area contributed by atoms with Crippen molar-refractivity contribution in [3.05, 3.63) is 0 Å². The highest BCUT2D eigenvalue weighted by Gasteiger charge is 2.36. The molecule has 1 unspecified atom stereocenters. The molecule has 0 aromatic rings. The van der Waals surface area contributed by atoms with Gasteiger partial charge in [0.05, 0.1) is 0 Å². The molecule has 0 N–H and O–H groups in total. The second kappa shape index (κ2) is 15.6. The number of rotatable bonds is 17. The van der Waals surface area contributed by atoms with Gasteiger partial charge in [-0.1, -0.05) is 57.0 Å². The third-order valence-electron chi connectivity index (χ3n) is 4.16. The smallest absolute Gasteiger partial charge is 0.250 e. The number of methoxy groups -OCH3 is 2. The fourth-order valence-electron chi connectivity index (χ4n) is 2.71. The molecule has 4 nitrogen and oxygen atoms in total. The van der Waals surface area contributed by atoms with Crippen LogP contribution in [0.25, 0.3) is 0 Å². The highest BCUT2D eigenvalue weighted by atomic mass is 35.5. The molecule has 0 saturated carbocycles. The first kappa shape index (κ1) is 23.1. The lowest BCUT2D eigenvalue weighted by Gasteiger charge is -2.32. The fraction of sp³-hybridized carbons (Fsp3) is 1.00. The molecule has 0 heterocycles. The van der Waals surface area contributed by atoms with Crippen molar-refractivity contribution < 1.29 is 18.9 Å². The maximum Gasteiger partial charge on any atom is 0.250 e. The Morgan fingerprint density at radius 1 is 0.826 bits per heavy atom. The van der Waals surface area contributed by atoms with Crippen molar-refractivity contribution in [2.45, 2.75) is 76.9 Å². The Bertz CT molecular complexity index is 231. The van der Waals surface area contributed by atoms with Crippen LogP contribution >= 0.6 is 11.6 Å². The molecule has 0 spiro atoms. The molecule has 0 amide bonds. The molecule has 0 aromatic carbocycles. The summed E-state index contributed by atoms with van der Waals surface area (Å²) < 4.78 is 21.4. The maximum absolute atomic E-state index is 6.49. The van der Waals surface area contributed by atoms with Crippen molar-refractivity contribution in [2.75, 3.05) is 34.2 Å². The molecule has 0 aliphatic carbocycles. The third kappa shape index (κ3) is 11.3. The van der Waals surface area contributed by atoms with Crippen LogP contribution in [0, 0.1) is 5.92 Å². The van der Waals surface area contributed by atoms with Gasteiger partial charge in [0.25, 0.3) is 5.25 Å². The summed E-state index contributed by atoms with van der Waals surface area (Å²) in [7, 11) is 3.21. The van der Waals surface area contributed by atoms with Crippen LogP contribution in [0.2, 0.25) is 0 Å². The summed E-state index contributed by atoms with van der Waals surface area (Å²) >= 11 is 6.49. The monoisotopic (exact) mass is 352 g/mol. The number of hydrogen-bond donors (Lipinski definition) is 0. The third-order valence-corrected chi connectivity index (χ3v) is 4.78. The van der Waals surface area contributed by atoms with E-state index < -0.39 is 5.25 Å². The number of ether oxygens (including phenoxy) is 4. The molecule has 0 fully saturated rings. The first-order valence-electron chi connectivity index (χ1n) is 9.09. The summed E-state index contributed by atoms with van der Waals surface area (Å²) in [5.41, 5.74) is 0. The van der Waals surface area contributed by atoms with Crippen LogP contribution in [0.4, 0.5) is 0 Å². The van der Waals surface area contributed by atoms with Gasteiger partial charge in [-0.2, -0.15) is 0 Å². The van der Waals surface area contributed by atoms with Crippen LogP contribution in [-0.4, -0.2) is 39.5 Å². The number of alkyl halides is 1. The number of halogens is 1. The molecule has 1 atom stereocenters. The summed E-state index contributed by atoms with van der Waals surface area (Å²) in [6.07, 6.45) is 10.5. The van der Waals surface area contributed by atoms with Crippen LogP contribution < -0.4 is 0 Å². The van der Waals surface area contributed by atoms with E-state index in [1.165, 1.54) is 32.1 Å². The van der Waals surface area contributed by atoms with Crippen molar-refractivity contribution in [2.24, 2.45) is 5.92 Å². The van der Waals surface area contributed by atoms with E-state index in [1.807, 2.05) is 6.92 Å². The van der Waals surface area contributed by atoms with Gasteiger partial charge in [0.1, 0.15) is 6.79 Å². The second-order valence-corrected chi connectivity index (χ2v) is 6.43. The predicted molar refractivity (Wildman–Crippen MR) is 95.8 cm³/mol. The minimum atomic E-state index is -1.02. The molecule has 140 valence electrons. The Hall–Kier alpha value is 0.130. The van der Waals surface area contributed by atoms with E-state index in [1.54, 1.807) is 14.2 Å². The lowest BCUT2D eigenvalue weighted by molar-refractivity contribution is -0.180. The minimum Gasteiger partial charge on any atom is -0.356 e. The van der Waals surface area contributed by atoms with Gasteiger partial charge in [-0.3, -0.25) is 0 Å². The van der Waals surface area contributed by atoms with E-state index in [-0.39, 0.29) is 5.92 Å². The van der Waals surface area contributed by atoms with Gasteiger partial charge in [-0.15, -0.1) is 0 Å². The van der Waals surface area contributed by atoms with Crippen molar-refractivity contribution in [3.8, 4) is 0 Å². The zero-order valence-corrected chi connectivity index (χ0v) is 16.3. The SMILES string of the molecule is CCCCCCCCC(CCCOCOCC)C(Cl)(OC)OC. The Labute approximate surface area is 148 Å². The van der Waals surface area contributed by atoms with Crippen molar-refractivity contribution in [3.63, 3.8) is 0 Å². The van der Waals surface area contributed by atoms with Crippen LogP contribution in [0.3, 0.4) is 0 Å². The van der Waals surface area contributed by atoms with Gasteiger partial charge in [0.2, 0.25) is 0 Å². The summed E-state index contributed by atoms with van der Waals surface area (Å²) in [6, 6.07) is 0. The van der Waals surface area contributed by atoms with Crippen molar-refractivity contribution in [1.29, 1.82) is 0 Å². The Morgan fingerprint density at radius 2 is 1.43 bits per heavy atom. The Balaban J connectivity index is 4.09. The lowest BCUT2D eigenvalue weighted by Crippen LogP contribution is -2.36. The molecule has 0 radical (unpaired) electrons. The molecule has 0 aromatic heterocycles.